The van der Waals surface area contributed by atoms with E-state index in [0.717, 1.165) is 12.0 Å². The molecule has 0 saturated carbocycles. The summed E-state index contributed by atoms with van der Waals surface area (Å²) in [6.45, 7) is 5.31. The van der Waals surface area contributed by atoms with Gasteiger partial charge in [0.15, 0.2) is 0 Å². The van der Waals surface area contributed by atoms with Crippen molar-refractivity contribution in [1.29, 1.82) is 0 Å². The number of para-hydroxylation sites is 1. The molecule has 1 aromatic rings. The van der Waals surface area contributed by atoms with Crippen LogP contribution in [0.3, 0.4) is 0 Å². The number of benzene rings is 1. The molecule has 0 radical (unpaired) electrons. The number of rotatable bonds is 2. The molecule has 0 amide bonds. The quantitative estimate of drug-likeness (QED) is 0.732. The lowest BCUT2D eigenvalue weighted by Gasteiger charge is -2.20. The molecule has 0 saturated heterocycles. The Bertz CT molecular complexity index is 297. The van der Waals surface area contributed by atoms with E-state index in [9.17, 15) is 10.2 Å². The van der Waals surface area contributed by atoms with Crippen molar-refractivity contribution in [2.75, 3.05) is 0 Å². The lowest BCUT2D eigenvalue weighted by atomic mass is 9.94. The Morgan fingerprint density at radius 1 is 1.31 bits per heavy atom. The van der Waals surface area contributed by atoms with Crippen LogP contribution in [0.1, 0.15) is 31.9 Å². The van der Waals surface area contributed by atoms with Gasteiger partial charge in [0.05, 0.1) is 5.60 Å². The van der Waals surface area contributed by atoms with E-state index in [1.807, 2.05) is 19.1 Å². The van der Waals surface area contributed by atoms with Gasteiger partial charge in [0.2, 0.25) is 0 Å². The van der Waals surface area contributed by atoms with Crippen molar-refractivity contribution in [1.82, 2.24) is 0 Å². The summed E-state index contributed by atoms with van der Waals surface area (Å²) in [5, 5.41) is 19.5. The van der Waals surface area contributed by atoms with Gasteiger partial charge in [-0.15, -0.1) is 0 Å². The molecule has 0 atom stereocenters. The number of aromatic hydroxyl groups is 1. The number of hydrogen-bond acceptors (Lipinski definition) is 2. The third-order valence-electron chi connectivity index (χ3n) is 2.16. The molecule has 2 heteroatoms. The summed E-state index contributed by atoms with van der Waals surface area (Å²) in [5.74, 6) is 0.220. The molecule has 0 spiro atoms. The van der Waals surface area contributed by atoms with Crippen LogP contribution in [-0.2, 0) is 12.0 Å². The lowest BCUT2D eigenvalue weighted by Crippen LogP contribution is -2.15. The van der Waals surface area contributed by atoms with Crippen LogP contribution >= 0.6 is 0 Å². The van der Waals surface area contributed by atoms with Crippen LogP contribution in [0, 0.1) is 0 Å². The van der Waals surface area contributed by atoms with Gasteiger partial charge in [-0.05, 0) is 25.8 Å². The Hall–Kier alpha value is -1.02. The summed E-state index contributed by atoms with van der Waals surface area (Å²) in [5.41, 5.74) is 0.487. The lowest BCUT2D eigenvalue weighted by molar-refractivity contribution is 0.0757. The second kappa shape index (κ2) is 3.38. The summed E-state index contributed by atoms with van der Waals surface area (Å²) in [7, 11) is 0. The van der Waals surface area contributed by atoms with Crippen LogP contribution in [0.15, 0.2) is 18.2 Å². The Morgan fingerprint density at radius 2 is 1.92 bits per heavy atom. The zero-order valence-corrected chi connectivity index (χ0v) is 8.33. The molecule has 0 aliphatic rings. The van der Waals surface area contributed by atoms with Gasteiger partial charge in [-0.1, -0.05) is 25.1 Å². The second-order valence-electron chi connectivity index (χ2n) is 3.73. The molecule has 13 heavy (non-hydrogen) atoms. The molecule has 2 N–H and O–H groups in total. The highest BCUT2D eigenvalue weighted by atomic mass is 16.3. The first-order chi connectivity index (χ1) is 5.96. The summed E-state index contributed by atoms with van der Waals surface area (Å²) in [6, 6.07) is 5.46. The van der Waals surface area contributed by atoms with Crippen molar-refractivity contribution in [3.05, 3.63) is 29.3 Å². The van der Waals surface area contributed by atoms with Gasteiger partial charge < -0.3 is 10.2 Å². The number of phenols is 1. The van der Waals surface area contributed by atoms with Gasteiger partial charge >= 0.3 is 0 Å². The second-order valence-corrected chi connectivity index (χ2v) is 3.73. The molecule has 1 rings (SSSR count). The van der Waals surface area contributed by atoms with Crippen molar-refractivity contribution in [2.45, 2.75) is 32.8 Å². The standard InChI is InChI=1S/C11H16O2/c1-4-8-6-5-7-9(10(8)12)11(2,3)13/h5-7,12-13H,4H2,1-3H3. The minimum Gasteiger partial charge on any atom is -0.507 e. The topological polar surface area (TPSA) is 40.5 Å². The molecule has 0 unspecified atom stereocenters. The number of aliphatic hydroxyl groups is 1. The smallest absolute Gasteiger partial charge is 0.124 e. The Kier molecular flexibility index (Phi) is 2.62. The van der Waals surface area contributed by atoms with E-state index < -0.39 is 5.60 Å². The molecular weight excluding hydrogens is 164 g/mol. The highest BCUT2D eigenvalue weighted by molar-refractivity contribution is 5.43. The Balaban J connectivity index is 3.24. The first-order valence-corrected chi connectivity index (χ1v) is 4.50. The van der Waals surface area contributed by atoms with Crippen LogP contribution in [0.2, 0.25) is 0 Å². The van der Waals surface area contributed by atoms with E-state index >= 15 is 0 Å². The average Bonchev–Trinajstić information content (AvgIpc) is 2.02. The maximum atomic E-state index is 9.76. The van der Waals surface area contributed by atoms with E-state index in [1.54, 1.807) is 19.9 Å². The molecule has 2 nitrogen and oxygen atoms in total. The molecule has 0 bridgehead atoms. The van der Waals surface area contributed by atoms with Crippen LogP contribution in [0.5, 0.6) is 5.75 Å². The summed E-state index contributed by atoms with van der Waals surface area (Å²) in [6.07, 6.45) is 0.774. The van der Waals surface area contributed by atoms with Gasteiger partial charge in [0.1, 0.15) is 5.75 Å². The fourth-order valence-corrected chi connectivity index (χ4v) is 1.37. The Morgan fingerprint density at radius 3 is 2.38 bits per heavy atom. The van der Waals surface area contributed by atoms with Crippen molar-refractivity contribution in [2.24, 2.45) is 0 Å². The molecule has 72 valence electrons. The van der Waals surface area contributed by atoms with E-state index in [0.29, 0.717) is 5.56 Å². The highest BCUT2D eigenvalue weighted by Crippen LogP contribution is 2.31. The SMILES string of the molecule is CCc1cccc(C(C)(C)O)c1O. The maximum absolute atomic E-state index is 9.76. The maximum Gasteiger partial charge on any atom is 0.124 e. The van der Waals surface area contributed by atoms with Gasteiger partial charge in [0.25, 0.3) is 0 Å². The van der Waals surface area contributed by atoms with E-state index in [4.69, 9.17) is 0 Å². The first kappa shape index (κ1) is 10.1. The van der Waals surface area contributed by atoms with Crippen molar-refractivity contribution < 1.29 is 10.2 Å². The third kappa shape index (κ3) is 2.01. The van der Waals surface area contributed by atoms with Gasteiger partial charge in [-0.25, -0.2) is 0 Å². The summed E-state index contributed by atoms with van der Waals surface area (Å²) in [4.78, 5) is 0. The van der Waals surface area contributed by atoms with E-state index in [2.05, 4.69) is 0 Å². The number of aryl methyl sites for hydroxylation is 1. The Labute approximate surface area is 78.8 Å². The predicted octanol–water partition coefficient (Wildman–Crippen LogP) is 2.18. The van der Waals surface area contributed by atoms with Crippen molar-refractivity contribution >= 4 is 0 Å². The van der Waals surface area contributed by atoms with E-state index in [-0.39, 0.29) is 5.75 Å². The van der Waals surface area contributed by atoms with Gasteiger partial charge in [-0.2, -0.15) is 0 Å². The van der Waals surface area contributed by atoms with Crippen LogP contribution in [-0.4, -0.2) is 10.2 Å². The molecule has 0 aliphatic heterocycles. The molecule has 0 fully saturated rings. The minimum absolute atomic E-state index is 0.220. The van der Waals surface area contributed by atoms with Crippen molar-refractivity contribution in [3.63, 3.8) is 0 Å². The van der Waals surface area contributed by atoms with Crippen LogP contribution in [0.4, 0.5) is 0 Å². The molecule has 0 heterocycles. The van der Waals surface area contributed by atoms with Crippen molar-refractivity contribution in [3.8, 4) is 5.75 Å². The van der Waals surface area contributed by atoms with Gasteiger partial charge in [0, 0.05) is 5.56 Å². The summed E-state index contributed by atoms with van der Waals surface area (Å²) >= 11 is 0. The molecular formula is C11H16O2. The normalized spacial score (nSPS) is 11.7. The molecule has 0 aliphatic carbocycles. The number of hydrogen-bond donors (Lipinski definition) is 2. The highest BCUT2D eigenvalue weighted by Gasteiger charge is 2.20. The average molecular weight is 180 g/mol. The fourth-order valence-electron chi connectivity index (χ4n) is 1.37. The van der Waals surface area contributed by atoms with Crippen LogP contribution < -0.4 is 0 Å². The molecule has 1 aromatic carbocycles. The monoisotopic (exact) mass is 180 g/mol. The first-order valence-electron chi connectivity index (χ1n) is 4.50. The largest absolute Gasteiger partial charge is 0.507 e. The fraction of sp³-hybridized carbons (Fsp3) is 0.455. The minimum atomic E-state index is -0.977. The number of phenolic OH excluding ortho intramolecular Hbond substituents is 1. The zero-order valence-electron chi connectivity index (χ0n) is 8.33. The third-order valence-corrected chi connectivity index (χ3v) is 2.16. The predicted molar refractivity (Wildman–Crippen MR) is 52.7 cm³/mol. The van der Waals surface area contributed by atoms with Gasteiger partial charge in [-0.3, -0.25) is 0 Å². The zero-order chi connectivity index (χ0) is 10.1. The van der Waals surface area contributed by atoms with Crippen LogP contribution in [0.25, 0.3) is 0 Å². The summed E-state index contributed by atoms with van der Waals surface area (Å²) < 4.78 is 0. The van der Waals surface area contributed by atoms with E-state index in [1.165, 1.54) is 0 Å². The molecule has 0 aromatic heterocycles.